The predicted octanol–water partition coefficient (Wildman–Crippen LogP) is 4.01. The van der Waals surface area contributed by atoms with Crippen molar-refractivity contribution in [3.05, 3.63) is 63.9 Å². The van der Waals surface area contributed by atoms with Gasteiger partial charge >= 0.3 is 0 Å². The molecule has 0 unspecified atom stereocenters. The van der Waals surface area contributed by atoms with Gasteiger partial charge in [0.25, 0.3) is 5.56 Å². The summed E-state index contributed by atoms with van der Waals surface area (Å²) in [4.78, 5) is 16.5. The van der Waals surface area contributed by atoms with Crippen molar-refractivity contribution >= 4 is 17.4 Å². The molecule has 128 valence electrons. The molecule has 0 aliphatic carbocycles. The predicted molar refractivity (Wildman–Crippen MR) is 101 cm³/mol. The van der Waals surface area contributed by atoms with E-state index in [0.29, 0.717) is 23.0 Å². The Kier molecular flexibility index (Phi) is 5.14. The molecule has 0 atom stereocenters. The Morgan fingerprint density at radius 3 is 2.64 bits per heavy atom. The van der Waals surface area contributed by atoms with Gasteiger partial charge < -0.3 is 5.73 Å². The van der Waals surface area contributed by atoms with Gasteiger partial charge in [-0.05, 0) is 18.6 Å². The highest BCUT2D eigenvalue weighted by Crippen LogP contribution is 2.33. The molecule has 2 heterocycles. The number of benzene rings is 1. The number of anilines is 1. The lowest BCUT2D eigenvalue weighted by atomic mass is 10.0. The van der Waals surface area contributed by atoms with Crippen LogP contribution in [0, 0.1) is 0 Å². The SMILES string of the molecule is CCCCn1nc(-c2cc(Cl)c(N)nc2-c2ccccc2)ccc1=O. The molecular weight excluding hydrogens is 336 g/mol. The molecule has 5 nitrogen and oxygen atoms in total. The van der Waals surface area contributed by atoms with Crippen LogP contribution in [0.25, 0.3) is 22.5 Å². The highest BCUT2D eigenvalue weighted by Gasteiger charge is 2.14. The molecule has 3 aromatic rings. The molecule has 2 aromatic heterocycles. The van der Waals surface area contributed by atoms with Crippen molar-refractivity contribution < 1.29 is 0 Å². The number of rotatable bonds is 5. The first kappa shape index (κ1) is 17.2. The van der Waals surface area contributed by atoms with Crippen LogP contribution >= 0.6 is 11.6 Å². The Bertz CT molecular complexity index is 938. The van der Waals surface area contributed by atoms with E-state index in [1.54, 1.807) is 12.1 Å². The van der Waals surface area contributed by atoms with Crippen LogP contribution in [0.15, 0.2) is 53.3 Å². The van der Waals surface area contributed by atoms with Gasteiger partial charge in [-0.15, -0.1) is 0 Å². The summed E-state index contributed by atoms with van der Waals surface area (Å²) in [6.07, 6.45) is 1.88. The van der Waals surface area contributed by atoms with Crippen molar-refractivity contribution in [2.75, 3.05) is 5.73 Å². The van der Waals surface area contributed by atoms with Crippen LogP contribution in [-0.4, -0.2) is 14.8 Å². The number of hydrogen-bond acceptors (Lipinski definition) is 4. The van der Waals surface area contributed by atoms with Crippen LogP contribution < -0.4 is 11.3 Å². The number of pyridine rings is 1. The van der Waals surface area contributed by atoms with E-state index >= 15 is 0 Å². The van der Waals surface area contributed by atoms with Gasteiger partial charge in [-0.25, -0.2) is 9.67 Å². The molecule has 0 spiro atoms. The Morgan fingerprint density at radius 1 is 1.16 bits per heavy atom. The van der Waals surface area contributed by atoms with E-state index in [2.05, 4.69) is 17.0 Å². The van der Waals surface area contributed by atoms with E-state index in [9.17, 15) is 4.79 Å². The van der Waals surface area contributed by atoms with Crippen molar-refractivity contribution in [1.29, 1.82) is 0 Å². The molecule has 6 heteroatoms. The topological polar surface area (TPSA) is 73.8 Å². The van der Waals surface area contributed by atoms with Crippen molar-refractivity contribution in [2.24, 2.45) is 0 Å². The van der Waals surface area contributed by atoms with Gasteiger partial charge in [0.05, 0.1) is 16.4 Å². The second-order valence-electron chi connectivity index (χ2n) is 5.75. The summed E-state index contributed by atoms with van der Waals surface area (Å²) in [7, 11) is 0. The highest BCUT2D eigenvalue weighted by atomic mass is 35.5. The first-order valence-electron chi connectivity index (χ1n) is 8.20. The van der Waals surface area contributed by atoms with E-state index in [1.807, 2.05) is 30.3 Å². The van der Waals surface area contributed by atoms with Crippen LogP contribution in [-0.2, 0) is 6.54 Å². The molecule has 1 aromatic carbocycles. The van der Waals surface area contributed by atoms with Crippen LogP contribution in [0.4, 0.5) is 5.82 Å². The lowest BCUT2D eigenvalue weighted by Gasteiger charge is -2.12. The third kappa shape index (κ3) is 3.72. The van der Waals surface area contributed by atoms with Crippen molar-refractivity contribution in [1.82, 2.24) is 14.8 Å². The maximum absolute atomic E-state index is 12.0. The van der Waals surface area contributed by atoms with E-state index in [1.165, 1.54) is 10.7 Å². The zero-order valence-corrected chi connectivity index (χ0v) is 14.7. The van der Waals surface area contributed by atoms with Crippen LogP contribution in [0.1, 0.15) is 19.8 Å². The molecule has 2 N–H and O–H groups in total. The number of halogens is 1. The van der Waals surface area contributed by atoms with Gasteiger partial charge in [-0.1, -0.05) is 55.3 Å². The Labute approximate surface area is 151 Å². The van der Waals surface area contributed by atoms with Crippen LogP contribution in [0.5, 0.6) is 0 Å². The minimum absolute atomic E-state index is 0.118. The number of aromatic nitrogens is 3. The molecule has 3 rings (SSSR count). The highest BCUT2D eigenvalue weighted by molar-refractivity contribution is 6.33. The molecule has 0 amide bonds. The number of aryl methyl sites for hydroxylation is 1. The van der Waals surface area contributed by atoms with E-state index in [4.69, 9.17) is 17.3 Å². The lowest BCUT2D eigenvalue weighted by Crippen LogP contribution is -2.22. The maximum Gasteiger partial charge on any atom is 0.266 e. The zero-order valence-electron chi connectivity index (χ0n) is 13.9. The Morgan fingerprint density at radius 2 is 1.92 bits per heavy atom. The minimum atomic E-state index is -0.118. The molecule has 0 saturated carbocycles. The summed E-state index contributed by atoms with van der Waals surface area (Å²) in [6, 6.07) is 14.7. The third-order valence-corrected chi connectivity index (χ3v) is 4.22. The van der Waals surface area contributed by atoms with Gasteiger partial charge in [0.2, 0.25) is 0 Å². The second kappa shape index (κ2) is 7.49. The quantitative estimate of drug-likeness (QED) is 0.751. The van der Waals surface area contributed by atoms with Gasteiger partial charge in [-0.3, -0.25) is 4.79 Å². The molecule has 25 heavy (non-hydrogen) atoms. The monoisotopic (exact) mass is 354 g/mol. The molecule has 0 aliphatic rings. The van der Waals surface area contributed by atoms with Crippen molar-refractivity contribution in [2.45, 2.75) is 26.3 Å². The summed E-state index contributed by atoms with van der Waals surface area (Å²) < 4.78 is 1.48. The first-order chi connectivity index (χ1) is 12.1. The smallest absolute Gasteiger partial charge is 0.266 e. The number of unbranched alkanes of at least 4 members (excludes halogenated alkanes) is 1. The fourth-order valence-electron chi connectivity index (χ4n) is 2.58. The molecule has 0 aliphatic heterocycles. The fraction of sp³-hybridized carbons (Fsp3) is 0.211. The van der Waals surface area contributed by atoms with Gasteiger partial charge in [0.1, 0.15) is 5.82 Å². The standard InChI is InChI=1S/C19H19ClN4O/c1-2-3-11-24-17(25)10-9-16(23-24)14-12-15(20)19(21)22-18(14)13-7-5-4-6-8-13/h4-10,12H,2-3,11H2,1H3,(H2,21,22). The summed E-state index contributed by atoms with van der Waals surface area (Å²) in [5.74, 6) is 0.267. The van der Waals surface area contributed by atoms with Gasteiger partial charge in [-0.2, -0.15) is 5.10 Å². The summed E-state index contributed by atoms with van der Waals surface area (Å²) in [6.45, 7) is 2.66. The summed E-state index contributed by atoms with van der Waals surface area (Å²) in [5, 5.41) is 4.87. The van der Waals surface area contributed by atoms with Gasteiger partial charge in [0.15, 0.2) is 0 Å². The van der Waals surface area contributed by atoms with E-state index in [-0.39, 0.29) is 11.4 Å². The molecule has 0 bridgehead atoms. The fourth-order valence-corrected chi connectivity index (χ4v) is 2.73. The average Bonchev–Trinajstić information content (AvgIpc) is 2.64. The third-order valence-electron chi connectivity index (χ3n) is 3.92. The number of nitrogen functional groups attached to an aromatic ring is 1. The summed E-state index contributed by atoms with van der Waals surface area (Å²) in [5.41, 5.74) is 8.78. The van der Waals surface area contributed by atoms with Crippen LogP contribution in [0.3, 0.4) is 0 Å². The molecule has 0 saturated heterocycles. The van der Waals surface area contributed by atoms with E-state index < -0.39 is 0 Å². The number of nitrogens with two attached hydrogens (primary N) is 1. The number of nitrogens with zero attached hydrogens (tertiary/aromatic N) is 3. The maximum atomic E-state index is 12.0. The van der Waals surface area contributed by atoms with Crippen molar-refractivity contribution in [3.8, 4) is 22.5 Å². The van der Waals surface area contributed by atoms with Crippen LogP contribution in [0.2, 0.25) is 5.02 Å². The molecule has 0 radical (unpaired) electrons. The Hall–Kier alpha value is -2.66. The largest absolute Gasteiger partial charge is 0.382 e. The van der Waals surface area contributed by atoms with Crippen molar-refractivity contribution in [3.63, 3.8) is 0 Å². The Balaban J connectivity index is 2.17. The second-order valence-corrected chi connectivity index (χ2v) is 6.16. The average molecular weight is 355 g/mol. The normalized spacial score (nSPS) is 10.8. The first-order valence-corrected chi connectivity index (χ1v) is 8.58. The minimum Gasteiger partial charge on any atom is -0.382 e. The summed E-state index contributed by atoms with van der Waals surface area (Å²) >= 11 is 6.19. The number of hydrogen-bond donors (Lipinski definition) is 1. The van der Waals surface area contributed by atoms with Gasteiger partial charge in [0, 0.05) is 23.7 Å². The lowest BCUT2D eigenvalue weighted by molar-refractivity contribution is 0.545. The van der Waals surface area contributed by atoms with E-state index in [0.717, 1.165) is 24.0 Å². The molecular formula is C19H19ClN4O. The zero-order chi connectivity index (χ0) is 17.8. The molecule has 0 fully saturated rings.